The summed E-state index contributed by atoms with van der Waals surface area (Å²) in [6.07, 6.45) is 5.80. The van der Waals surface area contributed by atoms with E-state index in [0.29, 0.717) is 12.8 Å². The Kier molecular flexibility index (Phi) is 5.75. The predicted octanol–water partition coefficient (Wildman–Crippen LogP) is 2.98. The Morgan fingerprint density at radius 1 is 1.31 bits per heavy atom. The quantitative estimate of drug-likeness (QED) is 0.490. The lowest BCUT2D eigenvalue weighted by atomic mass is 9.46. The van der Waals surface area contributed by atoms with Crippen molar-refractivity contribution >= 4 is 29.1 Å². The van der Waals surface area contributed by atoms with Crippen LogP contribution in [0.3, 0.4) is 0 Å². The summed E-state index contributed by atoms with van der Waals surface area (Å²) in [5.41, 5.74) is -1.93. The molecule has 32 heavy (non-hydrogen) atoms. The summed E-state index contributed by atoms with van der Waals surface area (Å²) in [5.74, 6) is -1.84. The molecule has 4 aliphatic rings. The van der Waals surface area contributed by atoms with Crippen LogP contribution in [0.5, 0.6) is 0 Å². The molecule has 0 aromatic carbocycles. The van der Waals surface area contributed by atoms with Gasteiger partial charge in [0.15, 0.2) is 11.4 Å². The molecule has 3 saturated carbocycles. The molecule has 2 N–H and O–H groups in total. The molecule has 4 aliphatic carbocycles. The van der Waals surface area contributed by atoms with E-state index < -0.39 is 40.9 Å². The van der Waals surface area contributed by atoms with Gasteiger partial charge in [0.05, 0.1) is 6.10 Å². The Hall–Kier alpha value is -1.50. The molecule has 0 radical (unpaired) electrons. The summed E-state index contributed by atoms with van der Waals surface area (Å²) in [5, 5.41) is 21.1. The normalized spacial score (nSPS) is 47.2. The molecule has 0 bridgehead atoms. The summed E-state index contributed by atoms with van der Waals surface area (Å²) in [4.78, 5) is 37.7. The third-order valence-electron chi connectivity index (χ3n) is 9.14. The number of carbonyl (C=O) groups is 3. The summed E-state index contributed by atoms with van der Waals surface area (Å²) in [7, 11) is 0. The second kappa shape index (κ2) is 7.78. The van der Waals surface area contributed by atoms with Crippen molar-refractivity contribution in [1.82, 2.24) is 0 Å². The van der Waals surface area contributed by atoms with Crippen LogP contribution in [0.4, 0.5) is 0 Å². The number of hydrogen-bond acceptors (Lipinski definition) is 6. The second-order valence-corrected chi connectivity index (χ2v) is 11.1. The standard InChI is InChI=1S/C25H33ClO6/c1-5-20(31)32-25(19(30)12-27)13(2)8-16-21-17(26)10-14-9-15(28)6-7-23(14,3)22(21)18(29)11-24(16,25)4/h6-7,9,13,16-18,21-22,27,29H,5,8,10-12H2,1-4H3/t13-,16+,17-,18+,21-,22+,23+,24+,25?/m1/s1. The van der Waals surface area contributed by atoms with Gasteiger partial charge in [0.25, 0.3) is 0 Å². The maximum absolute atomic E-state index is 13.2. The molecule has 6 nitrogen and oxygen atoms in total. The predicted molar refractivity (Wildman–Crippen MR) is 119 cm³/mol. The van der Waals surface area contributed by atoms with E-state index in [1.165, 1.54) is 0 Å². The number of hydrogen-bond donors (Lipinski definition) is 2. The maximum Gasteiger partial charge on any atom is 0.306 e. The number of fused-ring (bicyclic) bond motifs is 5. The lowest BCUT2D eigenvalue weighted by molar-refractivity contribution is -0.204. The number of allylic oxidation sites excluding steroid dienone is 4. The van der Waals surface area contributed by atoms with Crippen molar-refractivity contribution in [1.29, 1.82) is 0 Å². The van der Waals surface area contributed by atoms with Gasteiger partial charge in [-0.1, -0.05) is 39.3 Å². The Balaban J connectivity index is 1.84. The van der Waals surface area contributed by atoms with Crippen LogP contribution in [0.15, 0.2) is 23.8 Å². The van der Waals surface area contributed by atoms with Gasteiger partial charge in [-0.3, -0.25) is 14.4 Å². The van der Waals surface area contributed by atoms with E-state index in [2.05, 4.69) is 6.92 Å². The lowest BCUT2D eigenvalue weighted by Gasteiger charge is -2.61. The van der Waals surface area contributed by atoms with Crippen LogP contribution >= 0.6 is 11.6 Å². The first-order valence-corrected chi connectivity index (χ1v) is 12.0. The zero-order valence-corrected chi connectivity index (χ0v) is 19.9. The van der Waals surface area contributed by atoms with Gasteiger partial charge < -0.3 is 14.9 Å². The molecule has 0 amide bonds. The minimum atomic E-state index is -1.50. The molecular formula is C25H33ClO6. The maximum atomic E-state index is 13.2. The molecule has 0 aromatic heterocycles. The van der Waals surface area contributed by atoms with Gasteiger partial charge in [-0.25, -0.2) is 0 Å². The first kappa shape index (κ1) is 23.7. The van der Waals surface area contributed by atoms with E-state index in [0.717, 1.165) is 5.57 Å². The van der Waals surface area contributed by atoms with E-state index in [1.807, 2.05) is 19.9 Å². The number of aliphatic hydroxyl groups excluding tert-OH is 2. The second-order valence-electron chi connectivity index (χ2n) is 10.6. The Labute approximate surface area is 194 Å². The highest BCUT2D eigenvalue weighted by molar-refractivity contribution is 6.21. The number of aliphatic hydroxyl groups is 2. The van der Waals surface area contributed by atoms with E-state index in [-0.39, 0.29) is 47.7 Å². The molecule has 7 heteroatoms. The molecule has 4 rings (SSSR count). The van der Waals surface area contributed by atoms with Crippen LogP contribution in [0, 0.1) is 34.5 Å². The topological polar surface area (TPSA) is 101 Å². The van der Waals surface area contributed by atoms with E-state index >= 15 is 0 Å². The van der Waals surface area contributed by atoms with Crippen LogP contribution in [0.1, 0.15) is 53.4 Å². The first-order chi connectivity index (χ1) is 15.0. The number of rotatable bonds is 4. The van der Waals surface area contributed by atoms with Crippen molar-refractivity contribution < 1.29 is 29.3 Å². The third kappa shape index (κ3) is 2.95. The molecule has 176 valence electrons. The minimum absolute atomic E-state index is 0.0662. The van der Waals surface area contributed by atoms with Crippen molar-refractivity contribution in [2.75, 3.05) is 6.61 Å². The van der Waals surface area contributed by atoms with Crippen molar-refractivity contribution in [3.63, 3.8) is 0 Å². The molecule has 9 atom stereocenters. The fourth-order valence-corrected chi connectivity index (χ4v) is 8.30. The van der Waals surface area contributed by atoms with Gasteiger partial charge in [0, 0.05) is 34.5 Å². The molecular weight excluding hydrogens is 432 g/mol. The van der Waals surface area contributed by atoms with Crippen LogP contribution in [0.2, 0.25) is 0 Å². The highest BCUT2D eigenvalue weighted by Crippen LogP contribution is 2.69. The largest absolute Gasteiger partial charge is 0.450 e. The van der Waals surface area contributed by atoms with E-state index in [4.69, 9.17) is 16.3 Å². The first-order valence-electron chi connectivity index (χ1n) is 11.6. The van der Waals surface area contributed by atoms with Crippen molar-refractivity contribution in [2.24, 2.45) is 34.5 Å². The average Bonchev–Trinajstić information content (AvgIpc) is 2.95. The van der Waals surface area contributed by atoms with Crippen LogP contribution in [-0.2, 0) is 19.1 Å². The highest BCUT2D eigenvalue weighted by Gasteiger charge is 2.73. The third-order valence-corrected chi connectivity index (χ3v) is 9.59. The molecule has 0 aromatic rings. The van der Waals surface area contributed by atoms with Crippen molar-refractivity contribution in [3.8, 4) is 0 Å². The van der Waals surface area contributed by atoms with E-state index in [1.54, 1.807) is 19.1 Å². The van der Waals surface area contributed by atoms with Crippen molar-refractivity contribution in [2.45, 2.75) is 70.5 Å². The fraction of sp³-hybridized carbons (Fsp3) is 0.720. The van der Waals surface area contributed by atoms with Crippen molar-refractivity contribution in [3.05, 3.63) is 23.8 Å². The number of ether oxygens (including phenoxy) is 1. The number of Topliss-reactive ketones (excluding diaryl/α,β-unsaturated/α-hetero) is 1. The molecule has 3 fully saturated rings. The zero-order valence-electron chi connectivity index (χ0n) is 19.1. The molecule has 0 saturated heterocycles. The number of alkyl halides is 1. The summed E-state index contributed by atoms with van der Waals surface area (Å²) < 4.78 is 5.92. The Morgan fingerprint density at radius 2 is 2.00 bits per heavy atom. The highest BCUT2D eigenvalue weighted by atomic mass is 35.5. The summed E-state index contributed by atoms with van der Waals surface area (Å²) in [6, 6.07) is 0. The Morgan fingerprint density at radius 3 is 2.62 bits per heavy atom. The zero-order chi connectivity index (χ0) is 23.6. The van der Waals surface area contributed by atoms with Crippen LogP contribution in [-0.4, -0.2) is 51.4 Å². The van der Waals surface area contributed by atoms with Crippen LogP contribution in [0.25, 0.3) is 0 Å². The molecule has 0 heterocycles. The summed E-state index contributed by atoms with van der Waals surface area (Å²) >= 11 is 6.97. The van der Waals surface area contributed by atoms with Gasteiger partial charge in [0.2, 0.25) is 5.78 Å². The Bertz CT molecular complexity index is 910. The fourth-order valence-electron chi connectivity index (χ4n) is 7.80. The van der Waals surface area contributed by atoms with Crippen LogP contribution < -0.4 is 0 Å². The van der Waals surface area contributed by atoms with E-state index in [9.17, 15) is 24.6 Å². The lowest BCUT2D eigenvalue weighted by Crippen LogP contribution is -2.65. The molecule has 1 unspecified atom stereocenters. The molecule has 0 spiro atoms. The molecule has 0 aliphatic heterocycles. The smallest absolute Gasteiger partial charge is 0.306 e. The number of carbonyl (C=O) groups excluding carboxylic acids is 3. The number of esters is 1. The minimum Gasteiger partial charge on any atom is -0.450 e. The van der Waals surface area contributed by atoms with Gasteiger partial charge in [0.1, 0.15) is 6.61 Å². The van der Waals surface area contributed by atoms with Gasteiger partial charge in [-0.15, -0.1) is 11.6 Å². The number of halogens is 1. The monoisotopic (exact) mass is 464 g/mol. The van der Waals surface area contributed by atoms with Gasteiger partial charge in [-0.05, 0) is 43.3 Å². The van der Waals surface area contributed by atoms with Gasteiger partial charge in [-0.2, -0.15) is 0 Å². The average molecular weight is 465 g/mol. The summed E-state index contributed by atoms with van der Waals surface area (Å²) in [6.45, 7) is 6.80. The van der Waals surface area contributed by atoms with Gasteiger partial charge >= 0.3 is 5.97 Å². The number of ketones is 2. The SMILES string of the molecule is CCC(=O)OC1(C(=O)CO)[C@H](C)C[C@H]2[C@H]3[C@H]([C@@H](O)C[C@@]21C)[C@@]1(C)C=CC(=O)C=C1C[C@H]3Cl.